The van der Waals surface area contributed by atoms with Gasteiger partial charge in [-0.15, -0.1) is 0 Å². The summed E-state index contributed by atoms with van der Waals surface area (Å²) < 4.78 is 1.56. The molecule has 0 saturated heterocycles. The summed E-state index contributed by atoms with van der Waals surface area (Å²) in [6.45, 7) is 4.74. The van der Waals surface area contributed by atoms with E-state index in [1.54, 1.807) is 9.71 Å². The Morgan fingerprint density at radius 3 is 2.24 bits per heavy atom. The van der Waals surface area contributed by atoms with Crippen molar-refractivity contribution in [3.63, 3.8) is 0 Å². The zero-order valence-electron chi connectivity index (χ0n) is 12.1. The van der Waals surface area contributed by atoms with Crippen molar-refractivity contribution in [3.8, 4) is 0 Å². The molecule has 0 radical (unpaired) electrons. The van der Waals surface area contributed by atoms with Crippen molar-refractivity contribution in [2.45, 2.75) is 48.7 Å². The van der Waals surface area contributed by atoms with Gasteiger partial charge in [-0.3, -0.25) is 0 Å². The van der Waals surface area contributed by atoms with E-state index in [1.165, 1.54) is 44.4 Å². The summed E-state index contributed by atoms with van der Waals surface area (Å²) in [5.41, 5.74) is 0. The molecule has 0 nitrogen and oxygen atoms in total. The second-order valence-corrected chi connectivity index (χ2v) is 9.84. The van der Waals surface area contributed by atoms with E-state index < -0.39 is 0 Å². The van der Waals surface area contributed by atoms with Crippen molar-refractivity contribution < 1.29 is 30.6 Å². The third-order valence-electron chi connectivity index (χ3n) is 3.64. The van der Waals surface area contributed by atoms with Crippen molar-refractivity contribution in [2.24, 2.45) is 11.8 Å². The van der Waals surface area contributed by atoms with Crippen LogP contribution in [-0.2, 0) is 0 Å². The standard InChI is InChI=1S/C13H30BP2.Pa/c1-4-6-12(7-5-2)13(8-10-15-3)9-11-16-14;/h12-13,15-16H,1,4-11,14H2,2-3H3;. The zero-order valence-corrected chi connectivity index (χ0v) is 18.9. The Morgan fingerprint density at radius 1 is 1.06 bits per heavy atom. The maximum absolute atomic E-state index is 2.37. The SMILES string of the molecule is BPCCC(CCPC)C(CCC)CC[CH2][Pa]. The summed E-state index contributed by atoms with van der Waals surface area (Å²) >= 11 is 1.07. The summed E-state index contributed by atoms with van der Waals surface area (Å²) in [6.07, 6.45) is 12.0. The van der Waals surface area contributed by atoms with Crippen LogP contribution in [0.2, 0.25) is 3.29 Å². The molecule has 0 rings (SSSR count). The van der Waals surface area contributed by atoms with E-state index in [4.69, 9.17) is 0 Å². The second kappa shape index (κ2) is 14.4. The van der Waals surface area contributed by atoms with E-state index in [0.29, 0.717) is 0 Å². The van der Waals surface area contributed by atoms with E-state index in [0.717, 1.165) is 59.4 Å². The third kappa shape index (κ3) is 10.5. The molecule has 0 aromatic heterocycles. The topological polar surface area (TPSA) is 0 Å². The average molecular weight is 490 g/mol. The number of hydrogen-bond acceptors (Lipinski definition) is 0. The van der Waals surface area contributed by atoms with E-state index >= 15 is 0 Å². The number of hydrogen-bond donors (Lipinski definition) is 0. The molecule has 0 aliphatic heterocycles. The van der Waals surface area contributed by atoms with Gasteiger partial charge in [0.1, 0.15) is 0 Å². The van der Waals surface area contributed by atoms with Gasteiger partial charge < -0.3 is 0 Å². The van der Waals surface area contributed by atoms with Gasteiger partial charge in [-0.25, -0.2) is 0 Å². The van der Waals surface area contributed by atoms with Gasteiger partial charge in [0.05, 0.1) is 0 Å². The van der Waals surface area contributed by atoms with Gasteiger partial charge in [0, 0.05) is 0 Å². The Bertz CT molecular complexity index is 150. The molecular weight excluding hydrogens is 460 g/mol. The minimum atomic E-state index is 1.06. The van der Waals surface area contributed by atoms with E-state index in [2.05, 4.69) is 21.2 Å². The van der Waals surface area contributed by atoms with Crippen molar-refractivity contribution in [3.05, 3.63) is 0 Å². The Hall–Kier alpha value is 2.02. The first kappa shape index (κ1) is 19.0. The molecule has 0 saturated carbocycles. The van der Waals surface area contributed by atoms with Crippen LogP contribution in [0.5, 0.6) is 0 Å². The average Bonchev–Trinajstić information content (AvgIpc) is 2.35. The first-order valence-corrected chi connectivity index (χ1v) is 14.1. The van der Waals surface area contributed by atoms with E-state index in [9.17, 15) is 0 Å². The van der Waals surface area contributed by atoms with Gasteiger partial charge in [-0.2, -0.15) is 0 Å². The Morgan fingerprint density at radius 2 is 1.71 bits per heavy atom. The van der Waals surface area contributed by atoms with Crippen LogP contribution in [0.4, 0.5) is 0 Å². The zero-order chi connectivity index (χ0) is 12.9. The van der Waals surface area contributed by atoms with Crippen molar-refractivity contribution in [2.75, 3.05) is 19.0 Å². The van der Waals surface area contributed by atoms with E-state index in [-0.39, 0.29) is 0 Å². The quantitative estimate of drug-likeness (QED) is 0.286. The van der Waals surface area contributed by atoms with Crippen LogP contribution in [0, 0.1) is 42.4 Å². The fourth-order valence-electron chi connectivity index (χ4n) is 2.64. The van der Waals surface area contributed by atoms with Gasteiger partial charge in [-0.05, 0) is 0 Å². The molecule has 0 aromatic rings. The first-order valence-electron chi connectivity index (χ1n) is 7.29. The summed E-state index contributed by atoms with van der Waals surface area (Å²) in [7, 11) is 4.70. The maximum atomic E-state index is 2.37. The Balaban J connectivity index is 4.20. The van der Waals surface area contributed by atoms with Gasteiger partial charge in [0.25, 0.3) is 0 Å². The van der Waals surface area contributed by atoms with Gasteiger partial charge in [0.15, 0.2) is 0 Å². The van der Waals surface area contributed by atoms with Crippen LogP contribution >= 0.6 is 17.0 Å². The molecule has 0 spiro atoms. The molecule has 0 aliphatic rings. The fraction of sp³-hybridized carbons (Fsp3) is 1.00. The molecule has 4 unspecified atom stereocenters. The predicted octanol–water partition coefficient (Wildman–Crippen LogP) is 4.08. The molecule has 0 aliphatic carbocycles. The Kier molecular flexibility index (Phi) is 16.1. The van der Waals surface area contributed by atoms with Crippen LogP contribution in [0.3, 0.4) is 0 Å². The van der Waals surface area contributed by atoms with Crippen LogP contribution in [0.1, 0.15) is 45.4 Å². The Labute approximate surface area is 134 Å². The second-order valence-electron chi connectivity index (χ2n) is 5.02. The molecule has 98 valence electrons. The molecular formula is C13H30BP2Pa. The molecule has 0 bridgehead atoms. The number of rotatable bonds is 12. The molecule has 0 aromatic carbocycles. The summed E-state index contributed by atoms with van der Waals surface area (Å²) in [4.78, 5) is 0. The van der Waals surface area contributed by atoms with Crippen LogP contribution in [-0.4, -0.2) is 26.6 Å². The molecule has 0 amide bonds. The monoisotopic (exact) mass is 490 g/mol. The normalized spacial score (nSPS) is 16.2. The first-order chi connectivity index (χ1) is 8.29. The van der Waals surface area contributed by atoms with Crippen molar-refractivity contribution in [1.82, 2.24) is 0 Å². The molecule has 0 heterocycles. The molecule has 4 atom stereocenters. The van der Waals surface area contributed by atoms with E-state index in [1.807, 2.05) is 0 Å². The van der Waals surface area contributed by atoms with Crippen molar-refractivity contribution in [1.29, 1.82) is 0 Å². The molecule has 0 N–H and O–H groups in total. The predicted molar refractivity (Wildman–Crippen MR) is 86.0 cm³/mol. The summed E-state index contributed by atoms with van der Waals surface area (Å²) in [5, 5.41) is 0. The fourth-order valence-corrected chi connectivity index (χ4v) is 4.94. The van der Waals surface area contributed by atoms with Crippen LogP contribution < -0.4 is 0 Å². The van der Waals surface area contributed by atoms with Gasteiger partial charge >= 0.3 is 135 Å². The molecule has 17 heavy (non-hydrogen) atoms. The minimum absolute atomic E-state index is 1.06. The summed E-state index contributed by atoms with van der Waals surface area (Å²) in [5.74, 6) is 2.13. The van der Waals surface area contributed by atoms with Gasteiger partial charge in [-0.1, -0.05) is 0 Å². The van der Waals surface area contributed by atoms with Crippen molar-refractivity contribution >= 4 is 24.6 Å². The van der Waals surface area contributed by atoms with Crippen LogP contribution in [0.15, 0.2) is 0 Å². The summed E-state index contributed by atoms with van der Waals surface area (Å²) in [6, 6.07) is 0. The van der Waals surface area contributed by atoms with Crippen LogP contribution in [0.25, 0.3) is 0 Å². The molecule has 0 fully saturated rings. The molecule has 4 heteroatoms. The third-order valence-corrected chi connectivity index (χ3v) is 6.91. The van der Waals surface area contributed by atoms with Gasteiger partial charge in [0.2, 0.25) is 0 Å².